The van der Waals surface area contributed by atoms with Crippen LogP contribution in [0.25, 0.3) is 0 Å². The van der Waals surface area contributed by atoms with Gasteiger partial charge in [-0.25, -0.2) is 4.98 Å². The molecule has 2 N–H and O–H groups in total. The molecule has 0 fully saturated rings. The van der Waals surface area contributed by atoms with Gasteiger partial charge in [-0.05, 0) is 30.9 Å². The maximum atomic E-state index is 4.24. The van der Waals surface area contributed by atoms with Crippen LogP contribution in [-0.2, 0) is 13.1 Å². The monoisotopic (exact) mass is 422 g/mol. The van der Waals surface area contributed by atoms with Gasteiger partial charge in [0.2, 0.25) is 0 Å². The van der Waals surface area contributed by atoms with Crippen LogP contribution in [0.5, 0.6) is 0 Å². The van der Waals surface area contributed by atoms with Gasteiger partial charge in [0.1, 0.15) is 0 Å². The summed E-state index contributed by atoms with van der Waals surface area (Å²) in [5.41, 5.74) is 4.28. The first-order valence-corrected chi connectivity index (χ1v) is 7.83. The topological polar surface area (TPSA) is 49.3 Å². The predicted octanol–water partition coefficient (Wildman–Crippen LogP) is 3.30. The van der Waals surface area contributed by atoms with E-state index >= 15 is 0 Å². The number of nitrogens with zero attached hydrogens (tertiary/aromatic N) is 2. The maximum absolute atomic E-state index is 4.24. The van der Waals surface area contributed by atoms with Crippen LogP contribution in [0.4, 0.5) is 0 Å². The SMILES string of the molecule is CN=C(NCc1sccc1C)NCc1scnc1C.I. The summed E-state index contributed by atoms with van der Waals surface area (Å²) >= 11 is 3.43. The summed E-state index contributed by atoms with van der Waals surface area (Å²) in [4.78, 5) is 11.1. The zero-order valence-electron chi connectivity index (χ0n) is 11.8. The van der Waals surface area contributed by atoms with E-state index in [1.165, 1.54) is 15.3 Å². The Kier molecular flexibility index (Phi) is 7.46. The number of nitrogens with one attached hydrogen (secondary N) is 2. The Bertz CT molecular complexity index is 516. The molecule has 0 aliphatic rings. The fourth-order valence-electron chi connectivity index (χ4n) is 1.63. The lowest BCUT2D eigenvalue weighted by Crippen LogP contribution is -2.36. The minimum Gasteiger partial charge on any atom is -0.352 e. The second-order valence-corrected chi connectivity index (χ2v) is 6.11. The van der Waals surface area contributed by atoms with E-state index in [0.717, 1.165) is 24.7 Å². The number of halogens is 1. The predicted molar refractivity (Wildman–Crippen MR) is 98.4 cm³/mol. The van der Waals surface area contributed by atoms with Crippen molar-refractivity contribution in [3.63, 3.8) is 0 Å². The number of aromatic nitrogens is 1. The number of thiophene rings is 1. The Morgan fingerprint density at radius 1 is 1.20 bits per heavy atom. The summed E-state index contributed by atoms with van der Waals surface area (Å²) < 4.78 is 0. The lowest BCUT2D eigenvalue weighted by molar-refractivity contribution is 0.816. The van der Waals surface area contributed by atoms with E-state index in [-0.39, 0.29) is 24.0 Å². The molecule has 0 atom stereocenters. The van der Waals surface area contributed by atoms with Crippen LogP contribution in [0.15, 0.2) is 21.9 Å². The van der Waals surface area contributed by atoms with Gasteiger partial charge in [-0.15, -0.1) is 46.7 Å². The molecular formula is C13H19IN4S2. The molecule has 0 radical (unpaired) electrons. The molecule has 20 heavy (non-hydrogen) atoms. The van der Waals surface area contributed by atoms with Gasteiger partial charge in [-0.3, -0.25) is 4.99 Å². The van der Waals surface area contributed by atoms with Crippen LogP contribution < -0.4 is 10.6 Å². The lowest BCUT2D eigenvalue weighted by atomic mass is 10.3. The molecular weight excluding hydrogens is 403 g/mol. The van der Waals surface area contributed by atoms with E-state index in [4.69, 9.17) is 0 Å². The summed E-state index contributed by atoms with van der Waals surface area (Å²) in [5.74, 6) is 0.820. The molecule has 0 saturated heterocycles. The third kappa shape index (κ3) is 4.71. The molecule has 110 valence electrons. The highest BCUT2D eigenvalue weighted by molar-refractivity contribution is 14.0. The summed E-state index contributed by atoms with van der Waals surface area (Å²) in [6.45, 7) is 5.73. The number of aryl methyl sites for hydroxylation is 2. The number of aliphatic imine (C=N–C) groups is 1. The van der Waals surface area contributed by atoms with Crippen LogP contribution in [0, 0.1) is 13.8 Å². The highest BCUT2D eigenvalue weighted by Crippen LogP contribution is 2.15. The number of thiazole rings is 1. The van der Waals surface area contributed by atoms with Crippen LogP contribution >= 0.6 is 46.7 Å². The Hall–Kier alpha value is -0.670. The van der Waals surface area contributed by atoms with E-state index in [9.17, 15) is 0 Å². The first-order valence-electron chi connectivity index (χ1n) is 6.07. The smallest absolute Gasteiger partial charge is 0.191 e. The lowest BCUT2D eigenvalue weighted by Gasteiger charge is -2.11. The molecule has 0 saturated carbocycles. The Morgan fingerprint density at radius 3 is 2.40 bits per heavy atom. The largest absolute Gasteiger partial charge is 0.352 e. The first-order chi connectivity index (χ1) is 9.20. The molecule has 7 heteroatoms. The summed E-state index contributed by atoms with van der Waals surface area (Å²) in [5, 5.41) is 8.75. The number of rotatable bonds is 4. The van der Waals surface area contributed by atoms with Gasteiger partial charge < -0.3 is 10.6 Å². The van der Waals surface area contributed by atoms with E-state index < -0.39 is 0 Å². The van der Waals surface area contributed by atoms with Crippen molar-refractivity contribution in [2.24, 2.45) is 4.99 Å². The fourth-order valence-corrected chi connectivity index (χ4v) is 3.19. The minimum atomic E-state index is 0. The highest BCUT2D eigenvalue weighted by Gasteiger charge is 2.04. The van der Waals surface area contributed by atoms with Crippen molar-refractivity contribution < 1.29 is 0 Å². The van der Waals surface area contributed by atoms with Crippen molar-refractivity contribution in [3.05, 3.63) is 38.0 Å². The van der Waals surface area contributed by atoms with Gasteiger partial charge >= 0.3 is 0 Å². The zero-order valence-corrected chi connectivity index (χ0v) is 15.7. The average molecular weight is 422 g/mol. The standard InChI is InChI=1S/C13H18N4S2.HI/c1-9-4-5-18-11(9)6-15-13(14-3)16-7-12-10(2)17-8-19-12;/h4-5,8H,6-7H2,1-3H3,(H2,14,15,16);1H. The van der Waals surface area contributed by atoms with Crippen molar-refractivity contribution >= 4 is 52.6 Å². The maximum Gasteiger partial charge on any atom is 0.191 e. The van der Waals surface area contributed by atoms with Crippen LogP contribution in [0.2, 0.25) is 0 Å². The minimum absolute atomic E-state index is 0. The fraction of sp³-hybridized carbons (Fsp3) is 0.385. The van der Waals surface area contributed by atoms with Gasteiger partial charge in [0.05, 0.1) is 24.3 Å². The van der Waals surface area contributed by atoms with Gasteiger partial charge in [0.15, 0.2) is 5.96 Å². The zero-order chi connectivity index (χ0) is 13.7. The van der Waals surface area contributed by atoms with Crippen LogP contribution in [0.1, 0.15) is 21.0 Å². The van der Waals surface area contributed by atoms with Crippen molar-refractivity contribution in [2.75, 3.05) is 7.05 Å². The normalized spacial score (nSPS) is 11.1. The molecule has 0 aromatic carbocycles. The van der Waals surface area contributed by atoms with Crippen molar-refractivity contribution in [1.29, 1.82) is 0 Å². The molecule has 2 heterocycles. The number of guanidine groups is 1. The summed E-state index contributed by atoms with van der Waals surface area (Å²) in [6, 6.07) is 2.14. The summed E-state index contributed by atoms with van der Waals surface area (Å²) in [6.07, 6.45) is 0. The quantitative estimate of drug-likeness (QED) is 0.452. The van der Waals surface area contributed by atoms with Crippen LogP contribution in [0.3, 0.4) is 0 Å². The third-order valence-corrected chi connectivity index (χ3v) is 4.83. The molecule has 0 bridgehead atoms. The van der Waals surface area contributed by atoms with Gasteiger partial charge in [0, 0.05) is 16.8 Å². The van der Waals surface area contributed by atoms with E-state index in [1.807, 2.05) is 12.4 Å². The number of hydrogen-bond donors (Lipinski definition) is 2. The Labute approximate surface area is 144 Å². The molecule has 0 aliphatic heterocycles. The Morgan fingerprint density at radius 2 is 1.90 bits per heavy atom. The molecule has 0 aliphatic carbocycles. The molecule has 0 spiro atoms. The second-order valence-electron chi connectivity index (χ2n) is 4.17. The van der Waals surface area contributed by atoms with Crippen molar-refractivity contribution in [1.82, 2.24) is 15.6 Å². The van der Waals surface area contributed by atoms with Gasteiger partial charge in [-0.2, -0.15) is 0 Å². The molecule has 2 aromatic rings. The van der Waals surface area contributed by atoms with E-state index in [0.29, 0.717) is 0 Å². The molecule has 2 rings (SSSR count). The van der Waals surface area contributed by atoms with Crippen molar-refractivity contribution in [3.8, 4) is 0 Å². The average Bonchev–Trinajstić information content (AvgIpc) is 2.99. The highest BCUT2D eigenvalue weighted by atomic mass is 127. The molecule has 4 nitrogen and oxygen atoms in total. The van der Waals surface area contributed by atoms with E-state index in [2.05, 4.69) is 39.0 Å². The van der Waals surface area contributed by atoms with E-state index in [1.54, 1.807) is 29.7 Å². The van der Waals surface area contributed by atoms with Crippen LogP contribution in [-0.4, -0.2) is 18.0 Å². The third-order valence-electron chi connectivity index (χ3n) is 2.87. The molecule has 0 amide bonds. The molecule has 0 unspecified atom stereocenters. The Balaban J connectivity index is 0.00000200. The first kappa shape index (κ1) is 17.4. The van der Waals surface area contributed by atoms with Gasteiger partial charge in [-0.1, -0.05) is 0 Å². The van der Waals surface area contributed by atoms with Crippen molar-refractivity contribution in [2.45, 2.75) is 26.9 Å². The summed E-state index contributed by atoms with van der Waals surface area (Å²) in [7, 11) is 1.79. The molecule has 2 aromatic heterocycles. The number of hydrogen-bond acceptors (Lipinski definition) is 4. The second kappa shape index (κ2) is 8.58. The van der Waals surface area contributed by atoms with Gasteiger partial charge in [0.25, 0.3) is 0 Å².